The normalized spacial score (nSPS) is 9.23. The van der Waals surface area contributed by atoms with Gasteiger partial charge in [-0.2, -0.15) is 51.0 Å². The van der Waals surface area contributed by atoms with Gasteiger partial charge >= 0.3 is 0 Å². The highest BCUT2D eigenvalue weighted by Crippen LogP contribution is 2.28. The molecule has 0 aliphatic heterocycles. The van der Waals surface area contributed by atoms with Gasteiger partial charge in [0, 0.05) is 88.1 Å². The molecule has 19 rings (SSSR count). The maximum absolute atomic E-state index is 4.60. The van der Waals surface area contributed by atoms with Gasteiger partial charge in [0.15, 0.2) is 0 Å². The monoisotopic (exact) mass is 1630 g/mol. The van der Waals surface area contributed by atoms with Gasteiger partial charge in [-0.3, -0.25) is 15.0 Å². The van der Waals surface area contributed by atoms with Crippen LogP contribution in [-0.2, 0) is 0 Å². The van der Waals surface area contributed by atoms with Crippen LogP contribution in [0.2, 0.25) is 0 Å². The molecule has 13 heteroatoms. The number of benzene rings is 11. The summed E-state index contributed by atoms with van der Waals surface area (Å²) >= 11 is 0. The molecule has 0 fully saturated rings. The van der Waals surface area contributed by atoms with Crippen LogP contribution in [-0.4, -0.2) is 65.9 Å². The Hall–Kier alpha value is -12.9. The minimum Gasteiger partial charge on any atom is -0.256 e. The van der Waals surface area contributed by atoms with Crippen LogP contribution in [0.4, 0.5) is 0 Å². The lowest BCUT2D eigenvalue weighted by Gasteiger charge is -2.05. The fourth-order valence-corrected chi connectivity index (χ4v) is 11.6. The Morgan fingerprint density at radius 2 is 0.541 bits per heavy atom. The van der Waals surface area contributed by atoms with E-state index in [9.17, 15) is 0 Å². The number of hydrogen-bond donors (Lipinski definition) is 0. The second-order valence-corrected chi connectivity index (χ2v) is 24.4. The van der Waals surface area contributed by atoms with E-state index >= 15 is 0 Å². The molecule has 0 spiro atoms. The number of aromatic nitrogens is 13. The van der Waals surface area contributed by atoms with Crippen LogP contribution < -0.4 is 0 Å². The largest absolute Gasteiger partial charge is 0.256 e. The zero-order chi connectivity index (χ0) is 91.2. The summed E-state index contributed by atoms with van der Waals surface area (Å²) in [6, 6.07) is 86.8. The summed E-state index contributed by atoms with van der Waals surface area (Å²) in [5, 5.41) is 58.3. The smallest absolute Gasteiger partial charge is 0.0932 e. The first-order valence-electron chi connectivity index (χ1n) is 44.0. The zero-order valence-corrected chi connectivity index (χ0v) is 79.1. The molecule has 0 saturated carbocycles. The van der Waals surface area contributed by atoms with Crippen molar-refractivity contribution in [2.75, 3.05) is 0 Å². The van der Waals surface area contributed by atoms with E-state index in [1.165, 1.54) is 81.7 Å². The average molecular weight is 1630 g/mol. The Kier molecular flexibility index (Phi) is 56.3. The molecule has 13 nitrogen and oxygen atoms in total. The van der Waals surface area contributed by atoms with E-state index in [0.717, 1.165) is 82.5 Å². The van der Waals surface area contributed by atoms with Crippen LogP contribution in [0.3, 0.4) is 0 Å². The van der Waals surface area contributed by atoms with Crippen molar-refractivity contribution in [1.29, 1.82) is 0 Å². The second-order valence-electron chi connectivity index (χ2n) is 24.4. The Labute approximate surface area is 731 Å². The lowest BCUT2D eigenvalue weighted by Crippen LogP contribution is -1.86. The summed E-state index contributed by atoms with van der Waals surface area (Å²) in [6.07, 6.45) is 12.6. The first kappa shape index (κ1) is 107. The molecule has 0 aliphatic carbocycles. The molecule has 122 heavy (non-hydrogen) atoms. The maximum atomic E-state index is 4.60. The van der Waals surface area contributed by atoms with Crippen LogP contribution in [0.25, 0.3) is 119 Å². The van der Waals surface area contributed by atoms with E-state index in [1.54, 1.807) is 31.0 Å². The van der Waals surface area contributed by atoms with E-state index in [1.807, 2.05) is 283 Å². The molecule has 0 bridgehead atoms. The fraction of sp³-hybridized carbons (Fsp3) is 0.275. The van der Waals surface area contributed by atoms with Gasteiger partial charge in [0.1, 0.15) is 0 Å². The molecule has 640 valence electrons. The average Bonchev–Trinajstić information content (AvgIpc) is 0.785. The van der Waals surface area contributed by atoms with Gasteiger partial charge in [-0.25, -0.2) is 0 Å². The standard InChI is InChI=1S/3C14H11N.5C9H8N2.11C2H6/c1-10-11-6-2-3-7-12(11)13-8-4-5-9-14(13)15-10;1-10-6-7-14-13(8-10)12-5-3-2-4-11(12)9-15-14;1-10-6-7-13-12-5-3-2-4-11(12)9-15-14(13)8-10;1-7-2-3-8-5-10-11-6-9(8)4-7;1-7-2-3-9-8(6-7)4-5-10-11-9;1-7-2-3-8-4-5-10-11-9(8)6-7;1-7-9-5-3-2-4-8(9)6-10-11-7;1-7-6-8-4-2-3-5-9(8)11-10-7;11*1-2/h3*2-9H,1H3;5*2-6H,1H3;11*1-2H3. The van der Waals surface area contributed by atoms with E-state index in [0.29, 0.717) is 0 Å². The molecule has 0 atom stereocenters. The van der Waals surface area contributed by atoms with Crippen LogP contribution in [0.15, 0.2) is 298 Å². The third kappa shape index (κ3) is 34.1. The molecule has 0 N–H and O–H groups in total. The minimum absolute atomic E-state index is 0.957. The van der Waals surface area contributed by atoms with Crippen molar-refractivity contribution in [1.82, 2.24) is 65.9 Å². The summed E-state index contributed by atoms with van der Waals surface area (Å²) in [4.78, 5) is 13.5. The van der Waals surface area contributed by atoms with Gasteiger partial charge in [-0.15, -0.1) is 0 Å². The Morgan fingerprint density at radius 1 is 0.172 bits per heavy atom. The van der Waals surface area contributed by atoms with Crippen molar-refractivity contribution in [3.8, 4) is 0 Å². The summed E-state index contributed by atoms with van der Waals surface area (Å²) < 4.78 is 0. The van der Waals surface area contributed by atoms with E-state index in [4.69, 9.17) is 0 Å². The van der Waals surface area contributed by atoms with Crippen LogP contribution in [0.1, 0.15) is 197 Å². The highest BCUT2D eigenvalue weighted by molar-refractivity contribution is 6.08. The zero-order valence-electron chi connectivity index (χ0n) is 79.1. The molecule has 0 radical (unpaired) electrons. The molecule has 8 aromatic heterocycles. The second kappa shape index (κ2) is 64.1. The summed E-state index contributed by atoms with van der Waals surface area (Å²) in [7, 11) is 0. The van der Waals surface area contributed by atoms with Crippen molar-refractivity contribution < 1.29 is 0 Å². The molecule has 8 heterocycles. The summed E-state index contributed by atoms with van der Waals surface area (Å²) in [6.45, 7) is 60.4. The fourth-order valence-electron chi connectivity index (χ4n) is 11.6. The number of para-hydroxylation sites is 1. The molecule has 0 unspecified atom stereocenters. The molecule has 0 amide bonds. The number of nitrogens with zero attached hydrogens (tertiary/aromatic N) is 13. The van der Waals surface area contributed by atoms with Gasteiger partial charge < -0.3 is 0 Å². The SMILES string of the molecule is CC.CC.CC.CC.CC.CC.CC.CC.CC.CC.CC.Cc1cc2ccccc2nn1.Cc1ccc2c(c1)ncc1ccccc12.Cc1ccc2ccnnc2c1.Cc1ccc2cnncc2c1.Cc1ccc2ncc3ccccc3c2c1.Cc1ccc2nnccc2c1.Cc1nc2ccccc2c2ccccc12.Cc1nncc2ccccc12. The van der Waals surface area contributed by atoms with Crippen LogP contribution in [0, 0.1) is 55.4 Å². The maximum Gasteiger partial charge on any atom is 0.0932 e. The van der Waals surface area contributed by atoms with Crippen molar-refractivity contribution in [3.63, 3.8) is 0 Å². The summed E-state index contributed by atoms with van der Waals surface area (Å²) in [5.74, 6) is 0. The topological polar surface area (TPSA) is 168 Å². The third-order valence-electron chi connectivity index (χ3n) is 16.7. The number of hydrogen-bond acceptors (Lipinski definition) is 13. The minimum atomic E-state index is 0.957. The lowest BCUT2D eigenvalue weighted by atomic mass is 10.0. The Morgan fingerprint density at radius 3 is 1.11 bits per heavy atom. The number of pyridine rings is 3. The predicted molar refractivity (Wildman–Crippen MR) is 538 cm³/mol. The van der Waals surface area contributed by atoms with E-state index < -0.39 is 0 Å². The van der Waals surface area contributed by atoms with Crippen molar-refractivity contribution in [2.24, 2.45) is 0 Å². The molecular formula is C109H139N13. The molecule has 11 aromatic carbocycles. The first-order chi connectivity index (χ1) is 59.9. The quantitative estimate of drug-likeness (QED) is 0.132. The van der Waals surface area contributed by atoms with Gasteiger partial charge in [0.25, 0.3) is 0 Å². The van der Waals surface area contributed by atoms with Crippen LogP contribution >= 0.6 is 0 Å². The summed E-state index contributed by atoms with van der Waals surface area (Å²) in [5.41, 5.74) is 15.4. The van der Waals surface area contributed by atoms with E-state index in [-0.39, 0.29) is 0 Å². The van der Waals surface area contributed by atoms with Crippen molar-refractivity contribution in [3.05, 3.63) is 343 Å². The number of fused-ring (bicyclic) bond motifs is 14. The Balaban J connectivity index is 0.000000676. The van der Waals surface area contributed by atoms with Crippen LogP contribution in [0.5, 0.6) is 0 Å². The molecular weight excluding hydrogens is 1490 g/mol. The highest BCUT2D eigenvalue weighted by Gasteiger charge is 2.06. The van der Waals surface area contributed by atoms with Crippen molar-refractivity contribution in [2.45, 2.75) is 208 Å². The van der Waals surface area contributed by atoms with Gasteiger partial charge in [-0.05, 0) is 155 Å². The molecule has 0 aliphatic rings. The number of aryl methyl sites for hydroxylation is 8. The van der Waals surface area contributed by atoms with E-state index in [2.05, 4.69) is 258 Å². The highest BCUT2D eigenvalue weighted by atomic mass is 15.1. The van der Waals surface area contributed by atoms with Gasteiger partial charge in [-0.1, -0.05) is 351 Å². The van der Waals surface area contributed by atoms with Crippen molar-refractivity contribution >= 4 is 119 Å². The number of rotatable bonds is 0. The van der Waals surface area contributed by atoms with Gasteiger partial charge in [0.05, 0.1) is 75.5 Å². The third-order valence-corrected chi connectivity index (χ3v) is 16.7. The Bertz CT molecular complexity index is 5690. The molecule has 19 aromatic rings. The first-order valence-corrected chi connectivity index (χ1v) is 44.0. The van der Waals surface area contributed by atoms with Gasteiger partial charge in [0.2, 0.25) is 0 Å². The predicted octanol–water partition coefficient (Wildman–Crippen LogP) is 32.1. The molecule has 0 saturated heterocycles. The lowest BCUT2D eigenvalue weighted by molar-refractivity contribution is 1.00.